The molecule has 0 atom stereocenters. The molecule has 1 heterocycles. The first-order chi connectivity index (χ1) is 10.4. The van der Waals surface area contributed by atoms with Crippen LogP contribution in [0.5, 0.6) is 11.6 Å². The molecule has 1 aromatic heterocycles. The molecule has 0 fully saturated rings. The van der Waals surface area contributed by atoms with Crippen LogP contribution in [0.1, 0.15) is 0 Å². The van der Waals surface area contributed by atoms with Crippen molar-refractivity contribution in [1.29, 1.82) is 0 Å². The van der Waals surface area contributed by atoms with Gasteiger partial charge in [-0.05, 0) is 11.6 Å². The van der Waals surface area contributed by atoms with E-state index in [4.69, 9.17) is 10.6 Å². The zero-order valence-electron chi connectivity index (χ0n) is 11.2. The molecule has 5 nitrogen and oxygen atoms in total. The lowest BCUT2D eigenvalue weighted by Crippen LogP contribution is -2.08. The predicted molar refractivity (Wildman–Crippen MR) is 81.8 cm³/mol. The smallest absolute Gasteiger partial charge is 0.224 e. The molecular formula is C16H14N4O. The first-order valence-corrected chi connectivity index (χ1v) is 6.48. The summed E-state index contributed by atoms with van der Waals surface area (Å²) >= 11 is 0. The molecular weight excluding hydrogens is 264 g/mol. The van der Waals surface area contributed by atoms with Crippen molar-refractivity contribution in [3.8, 4) is 22.8 Å². The van der Waals surface area contributed by atoms with Crippen molar-refractivity contribution in [3.05, 3.63) is 67.0 Å². The Morgan fingerprint density at radius 2 is 1.67 bits per heavy atom. The number of para-hydroxylation sites is 1. The highest BCUT2D eigenvalue weighted by atomic mass is 16.5. The number of benzene rings is 2. The molecule has 2 aromatic carbocycles. The maximum Gasteiger partial charge on any atom is 0.224 e. The number of ether oxygens (including phenoxy) is 1. The van der Waals surface area contributed by atoms with Crippen molar-refractivity contribution in [2.75, 3.05) is 5.43 Å². The van der Waals surface area contributed by atoms with E-state index in [1.165, 1.54) is 6.33 Å². The van der Waals surface area contributed by atoms with Gasteiger partial charge in [0.15, 0.2) is 0 Å². The number of hydrazine groups is 1. The van der Waals surface area contributed by atoms with Crippen molar-refractivity contribution in [1.82, 2.24) is 9.97 Å². The van der Waals surface area contributed by atoms with E-state index in [9.17, 15) is 0 Å². The number of rotatable bonds is 4. The monoisotopic (exact) mass is 278 g/mol. The first kappa shape index (κ1) is 13.1. The molecule has 21 heavy (non-hydrogen) atoms. The zero-order chi connectivity index (χ0) is 14.5. The Morgan fingerprint density at radius 1 is 0.905 bits per heavy atom. The molecule has 0 amide bonds. The average Bonchev–Trinajstić information content (AvgIpc) is 2.56. The molecule has 0 saturated carbocycles. The highest BCUT2D eigenvalue weighted by Gasteiger charge is 2.07. The molecule has 0 aliphatic rings. The molecule has 0 bridgehead atoms. The summed E-state index contributed by atoms with van der Waals surface area (Å²) < 4.78 is 5.86. The number of nitrogens with one attached hydrogen (secondary N) is 1. The fraction of sp³-hybridized carbons (Fsp3) is 0. The van der Waals surface area contributed by atoms with Crippen molar-refractivity contribution >= 4 is 5.82 Å². The summed E-state index contributed by atoms with van der Waals surface area (Å²) in [6, 6.07) is 19.5. The minimum atomic E-state index is 0.432. The Hall–Kier alpha value is -2.92. The molecule has 0 unspecified atom stereocenters. The van der Waals surface area contributed by atoms with Crippen LogP contribution in [-0.4, -0.2) is 9.97 Å². The van der Waals surface area contributed by atoms with E-state index >= 15 is 0 Å². The standard InChI is InChI=1S/C16H14N4O/c17-20-15-10-16(19-11-18-15)21-14-9-5-4-8-13(14)12-6-2-1-3-7-12/h1-11H,17H2,(H,18,19,20). The number of nitrogens with two attached hydrogens (primary N) is 1. The SMILES string of the molecule is NNc1cc(Oc2ccccc2-c2ccccc2)ncn1. The van der Waals surface area contributed by atoms with Crippen molar-refractivity contribution in [2.45, 2.75) is 0 Å². The first-order valence-electron chi connectivity index (χ1n) is 6.48. The largest absolute Gasteiger partial charge is 0.438 e. The van der Waals surface area contributed by atoms with Gasteiger partial charge in [-0.3, -0.25) is 0 Å². The normalized spacial score (nSPS) is 10.1. The molecule has 3 rings (SSSR count). The van der Waals surface area contributed by atoms with E-state index < -0.39 is 0 Å². The second-order valence-electron chi connectivity index (χ2n) is 4.35. The molecule has 0 aliphatic heterocycles. The molecule has 0 spiro atoms. The third-order valence-corrected chi connectivity index (χ3v) is 2.98. The minimum Gasteiger partial charge on any atom is -0.438 e. The second-order valence-corrected chi connectivity index (χ2v) is 4.35. The van der Waals surface area contributed by atoms with Crippen molar-refractivity contribution < 1.29 is 4.74 Å². The number of nitrogens with zero attached hydrogens (tertiary/aromatic N) is 2. The number of hydrogen-bond donors (Lipinski definition) is 2. The topological polar surface area (TPSA) is 73.1 Å². The van der Waals surface area contributed by atoms with Gasteiger partial charge < -0.3 is 10.2 Å². The van der Waals surface area contributed by atoms with E-state index in [0.29, 0.717) is 11.7 Å². The molecule has 0 radical (unpaired) electrons. The third kappa shape index (κ3) is 2.98. The molecule has 104 valence electrons. The molecule has 3 aromatic rings. The van der Waals surface area contributed by atoms with Crippen molar-refractivity contribution in [2.24, 2.45) is 5.84 Å². The van der Waals surface area contributed by atoms with Crippen LogP contribution in [-0.2, 0) is 0 Å². The maximum absolute atomic E-state index is 5.86. The Bertz CT molecular complexity index is 731. The number of aromatic nitrogens is 2. The van der Waals surface area contributed by atoms with E-state index in [1.54, 1.807) is 6.07 Å². The Balaban J connectivity index is 1.96. The van der Waals surface area contributed by atoms with Crippen LogP contribution < -0.4 is 16.0 Å². The van der Waals surface area contributed by atoms with Gasteiger partial charge >= 0.3 is 0 Å². The summed E-state index contributed by atoms with van der Waals surface area (Å²) in [6.07, 6.45) is 1.40. The van der Waals surface area contributed by atoms with Gasteiger partial charge in [-0.25, -0.2) is 15.8 Å². The number of nitrogen functional groups attached to an aromatic ring is 1. The van der Waals surface area contributed by atoms with E-state index in [1.807, 2.05) is 54.6 Å². The summed E-state index contributed by atoms with van der Waals surface area (Å²) in [6.45, 7) is 0. The summed E-state index contributed by atoms with van der Waals surface area (Å²) in [4.78, 5) is 8.04. The predicted octanol–water partition coefficient (Wildman–Crippen LogP) is 3.22. The van der Waals surface area contributed by atoms with Gasteiger partial charge in [0.25, 0.3) is 0 Å². The van der Waals surface area contributed by atoms with Crippen LogP contribution in [0, 0.1) is 0 Å². The third-order valence-electron chi connectivity index (χ3n) is 2.98. The molecule has 0 saturated heterocycles. The fourth-order valence-electron chi connectivity index (χ4n) is 2.00. The van der Waals surface area contributed by atoms with Gasteiger partial charge in [-0.15, -0.1) is 0 Å². The van der Waals surface area contributed by atoms with Gasteiger partial charge in [0.2, 0.25) is 5.88 Å². The lowest BCUT2D eigenvalue weighted by Gasteiger charge is -2.11. The van der Waals surface area contributed by atoms with Crippen LogP contribution in [0.15, 0.2) is 67.0 Å². The van der Waals surface area contributed by atoms with E-state index in [0.717, 1.165) is 16.9 Å². The summed E-state index contributed by atoms with van der Waals surface area (Å²) in [5.41, 5.74) is 4.55. The van der Waals surface area contributed by atoms with Gasteiger partial charge in [-0.2, -0.15) is 0 Å². The van der Waals surface area contributed by atoms with Crippen LogP contribution >= 0.6 is 0 Å². The van der Waals surface area contributed by atoms with Gasteiger partial charge in [-0.1, -0.05) is 48.5 Å². The van der Waals surface area contributed by atoms with E-state index in [2.05, 4.69) is 15.4 Å². The fourth-order valence-corrected chi connectivity index (χ4v) is 2.00. The lowest BCUT2D eigenvalue weighted by atomic mass is 10.1. The maximum atomic E-state index is 5.86. The van der Waals surface area contributed by atoms with Gasteiger partial charge in [0, 0.05) is 11.6 Å². The Kier molecular flexibility index (Phi) is 3.75. The summed E-state index contributed by atoms with van der Waals surface area (Å²) in [5.74, 6) is 6.99. The zero-order valence-corrected chi connectivity index (χ0v) is 11.2. The summed E-state index contributed by atoms with van der Waals surface area (Å²) in [5, 5.41) is 0. The average molecular weight is 278 g/mol. The summed E-state index contributed by atoms with van der Waals surface area (Å²) in [7, 11) is 0. The lowest BCUT2D eigenvalue weighted by molar-refractivity contribution is 0.463. The molecule has 0 aliphatic carbocycles. The number of anilines is 1. The Morgan fingerprint density at radius 3 is 2.48 bits per heavy atom. The Labute approximate surface area is 122 Å². The minimum absolute atomic E-state index is 0.432. The van der Waals surface area contributed by atoms with Crippen LogP contribution in [0.4, 0.5) is 5.82 Å². The second kappa shape index (κ2) is 6.02. The van der Waals surface area contributed by atoms with Gasteiger partial charge in [0.05, 0.1) is 0 Å². The molecule has 3 N–H and O–H groups in total. The molecule has 5 heteroatoms. The van der Waals surface area contributed by atoms with Crippen LogP contribution in [0.3, 0.4) is 0 Å². The highest BCUT2D eigenvalue weighted by Crippen LogP contribution is 2.32. The van der Waals surface area contributed by atoms with Crippen molar-refractivity contribution in [3.63, 3.8) is 0 Å². The quantitative estimate of drug-likeness (QED) is 0.566. The van der Waals surface area contributed by atoms with Crippen LogP contribution in [0.25, 0.3) is 11.1 Å². The number of hydrogen-bond acceptors (Lipinski definition) is 5. The van der Waals surface area contributed by atoms with Gasteiger partial charge in [0.1, 0.15) is 17.9 Å². The highest BCUT2D eigenvalue weighted by molar-refractivity contribution is 5.70. The van der Waals surface area contributed by atoms with E-state index in [-0.39, 0.29) is 0 Å². The van der Waals surface area contributed by atoms with Crippen LogP contribution in [0.2, 0.25) is 0 Å².